The van der Waals surface area contributed by atoms with E-state index in [9.17, 15) is 4.79 Å². The summed E-state index contributed by atoms with van der Waals surface area (Å²) in [5, 5.41) is 2.71. The summed E-state index contributed by atoms with van der Waals surface area (Å²) in [5.74, 6) is -0.0334. The summed E-state index contributed by atoms with van der Waals surface area (Å²) >= 11 is 13.5. The molecule has 0 spiro atoms. The second-order valence-electron chi connectivity index (χ2n) is 4.94. The van der Waals surface area contributed by atoms with Crippen LogP contribution in [0, 0.1) is 6.92 Å². The van der Waals surface area contributed by atoms with E-state index in [0.29, 0.717) is 22.2 Å². The van der Waals surface area contributed by atoms with Crippen molar-refractivity contribution in [2.75, 3.05) is 0 Å². The van der Waals surface area contributed by atoms with Crippen LogP contribution in [0.2, 0.25) is 10.0 Å². The van der Waals surface area contributed by atoms with E-state index in [0.717, 1.165) is 5.56 Å². The molecule has 24 heavy (non-hydrogen) atoms. The van der Waals surface area contributed by atoms with E-state index < -0.39 is 5.91 Å². The van der Waals surface area contributed by atoms with Gasteiger partial charge in [-0.05, 0) is 18.6 Å². The lowest BCUT2D eigenvalue weighted by Gasteiger charge is -2.05. The van der Waals surface area contributed by atoms with Crippen LogP contribution in [-0.4, -0.2) is 20.4 Å². The highest BCUT2D eigenvalue weighted by Crippen LogP contribution is 2.16. The first kappa shape index (κ1) is 16.8. The molecule has 0 saturated heterocycles. The molecule has 1 amide bonds. The molecule has 5 nitrogen and oxygen atoms in total. The number of rotatable bonds is 3. The van der Waals surface area contributed by atoms with Crippen LogP contribution in [0.1, 0.15) is 21.9 Å². The number of aromatic nitrogens is 3. The third-order valence-electron chi connectivity index (χ3n) is 3.22. The van der Waals surface area contributed by atoms with Gasteiger partial charge < -0.3 is 4.57 Å². The zero-order valence-electron chi connectivity index (χ0n) is 12.6. The number of benzene rings is 1. The number of halogens is 2. The molecule has 0 aliphatic rings. The van der Waals surface area contributed by atoms with Crippen molar-refractivity contribution in [2.45, 2.75) is 13.5 Å². The average molecular weight is 379 g/mol. The van der Waals surface area contributed by atoms with Gasteiger partial charge in [-0.25, -0.2) is 9.97 Å². The molecule has 0 unspecified atom stereocenters. The quantitative estimate of drug-likeness (QED) is 0.697. The smallest absolute Gasteiger partial charge is 0.299 e. The topological polar surface area (TPSA) is 60.1 Å². The van der Waals surface area contributed by atoms with E-state index in [1.807, 2.05) is 40.4 Å². The van der Waals surface area contributed by atoms with Crippen molar-refractivity contribution in [1.29, 1.82) is 0 Å². The summed E-state index contributed by atoms with van der Waals surface area (Å²) in [6.45, 7) is 2.21. The molecule has 0 saturated carbocycles. The predicted molar refractivity (Wildman–Crippen MR) is 94.5 cm³/mol. The Kier molecular flexibility index (Phi) is 5.08. The van der Waals surface area contributed by atoms with E-state index in [4.69, 9.17) is 23.2 Å². The molecule has 0 aliphatic heterocycles. The van der Waals surface area contributed by atoms with Crippen LogP contribution in [-0.2, 0) is 6.54 Å². The van der Waals surface area contributed by atoms with Crippen molar-refractivity contribution in [2.24, 2.45) is 4.99 Å². The Morgan fingerprint density at radius 1 is 1.29 bits per heavy atom. The number of thiazole rings is 1. The standard InChI is InChI=1S/C16H12Cl2N4OS/c1-10-19-8-13(18)14(20-10)15(23)21-16-22(6-7-24-16)9-11-4-2-3-5-12(11)17/h2-8H,9H2,1H3. The lowest BCUT2D eigenvalue weighted by molar-refractivity contribution is 0.0993. The third-order valence-corrected chi connectivity index (χ3v) is 4.66. The molecule has 8 heteroatoms. The van der Waals surface area contributed by atoms with Gasteiger partial charge in [-0.15, -0.1) is 11.3 Å². The van der Waals surface area contributed by atoms with Gasteiger partial charge >= 0.3 is 0 Å². The van der Waals surface area contributed by atoms with Crippen LogP contribution in [0.25, 0.3) is 0 Å². The van der Waals surface area contributed by atoms with Crippen LogP contribution in [0.15, 0.2) is 47.0 Å². The van der Waals surface area contributed by atoms with Gasteiger partial charge in [-0.3, -0.25) is 4.79 Å². The van der Waals surface area contributed by atoms with E-state index in [1.165, 1.54) is 17.5 Å². The van der Waals surface area contributed by atoms with Gasteiger partial charge in [0.05, 0.1) is 17.8 Å². The minimum Gasteiger partial charge on any atom is -0.319 e. The summed E-state index contributed by atoms with van der Waals surface area (Å²) < 4.78 is 1.85. The fourth-order valence-corrected chi connectivity index (χ4v) is 3.16. The SMILES string of the molecule is Cc1ncc(Cl)c(C(=O)N=c2sccn2Cc2ccccc2Cl)n1. The van der Waals surface area contributed by atoms with Gasteiger partial charge in [0.15, 0.2) is 10.5 Å². The van der Waals surface area contributed by atoms with Crippen molar-refractivity contribution in [3.05, 3.63) is 74.0 Å². The number of nitrogens with zero attached hydrogens (tertiary/aromatic N) is 4. The average Bonchev–Trinajstić information content (AvgIpc) is 2.99. The number of hydrogen-bond donors (Lipinski definition) is 0. The highest BCUT2D eigenvalue weighted by atomic mass is 35.5. The molecule has 0 fully saturated rings. The number of carbonyl (C=O) groups is 1. The van der Waals surface area contributed by atoms with Crippen LogP contribution in [0.4, 0.5) is 0 Å². The Morgan fingerprint density at radius 2 is 2.08 bits per heavy atom. The molecular formula is C16H12Cl2N4OS. The highest BCUT2D eigenvalue weighted by Gasteiger charge is 2.13. The Balaban J connectivity index is 1.95. The first-order valence-corrected chi connectivity index (χ1v) is 8.63. The zero-order chi connectivity index (χ0) is 17.1. The second-order valence-corrected chi connectivity index (χ2v) is 6.62. The normalized spacial score (nSPS) is 11.7. The lowest BCUT2D eigenvalue weighted by Crippen LogP contribution is -2.18. The summed E-state index contributed by atoms with van der Waals surface area (Å²) in [6.07, 6.45) is 3.26. The predicted octanol–water partition coefficient (Wildman–Crippen LogP) is 3.74. The molecule has 0 N–H and O–H groups in total. The van der Waals surface area contributed by atoms with E-state index in [-0.39, 0.29) is 10.7 Å². The minimum absolute atomic E-state index is 0.0989. The molecule has 0 atom stereocenters. The van der Waals surface area contributed by atoms with Crippen LogP contribution in [0.3, 0.4) is 0 Å². The zero-order valence-corrected chi connectivity index (χ0v) is 14.9. The molecule has 3 aromatic rings. The summed E-state index contributed by atoms with van der Waals surface area (Å²) in [4.78, 5) is 25.1. The van der Waals surface area contributed by atoms with Gasteiger partial charge in [0, 0.05) is 16.6 Å². The first-order chi connectivity index (χ1) is 11.5. The fourth-order valence-electron chi connectivity index (χ4n) is 2.06. The number of amides is 1. The maximum atomic E-state index is 12.4. The van der Waals surface area contributed by atoms with Gasteiger partial charge in [0.1, 0.15) is 5.82 Å². The molecule has 1 aromatic carbocycles. The maximum Gasteiger partial charge on any atom is 0.299 e. The van der Waals surface area contributed by atoms with Gasteiger partial charge in [-0.2, -0.15) is 4.99 Å². The Labute approximate surface area is 152 Å². The van der Waals surface area contributed by atoms with Crippen molar-refractivity contribution in [3.63, 3.8) is 0 Å². The van der Waals surface area contributed by atoms with Crippen molar-refractivity contribution in [1.82, 2.24) is 14.5 Å². The highest BCUT2D eigenvalue weighted by molar-refractivity contribution is 7.07. The van der Waals surface area contributed by atoms with E-state index in [1.54, 1.807) is 6.92 Å². The monoisotopic (exact) mass is 378 g/mol. The molecular weight excluding hydrogens is 367 g/mol. The van der Waals surface area contributed by atoms with Crippen molar-refractivity contribution < 1.29 is 4.79 Å². The third kappa shape index (κ3) is 3.72. The Hall–Kier alpha value is -2.02. The van der Waals surface area contributed by atoms with Crippen molar-refractivity contribution in [3.8, 4) is 0 Å². The van der Waals surface area contributed by atoms with Crippen LogP contribution in [0.5, 0.6) is 0 Å². The van der Waals surface area contributed by atoms with Gasteiger partial charge in [-0.1, -0.05) is 41.4 Å². The van der Waals surface area contributed by atoms with Crippen LogP contribution >= 0.6 is 34.5 Å². The Morgan fingerprint density at radius 3 is 2.88 bits per heavy atom. The molecule has 0 aliphatic carbocycles. The molecule has 2 heterocycles. The molecule has 2 aromatic heterocycles. The van der Waals surface area contributed by atoms with Gasteiger partial charge in [0.25, 0.3) is 5.91 Å². The van der Waals surface area contributed by atoms with Gasteiger partial charge in [0.2, 0.25) is 0 Å². The maximum absolute atomic E-state index is 12.4. The summed E-state index contributed by atoms with van der Waals surface area (Å²) in [6, 6.07) is 7.55. The second kappa shape index (κ2) is 7.25. The minimum atomic E-state index is -0.499. The van der Waals surface area contributed by atoms with Crippen molar-refractivity contribution >= 4 is 40.4 Å². The summed E-state index contributed by atoms with van der Waals surface area (Å²) in [5.41, 5.74) is 1.05. The largest absolute Gasteiger partial charge is 0.319 e. The molecule has 122 valence electrons. The lowest BCUT2D eigenvalue weighted by atomic mass is 10.2. The summed E-state index contributed by atoms with van der Waals surface area (Å²) in [7, 11) is 0. The number of aryl methyl sites for hydroxylation is 1. The fraction of sp³-hybridized carbons (Fsp3) is 0.125. The van der Waals surface area contributed by atoms with E-state index in [2.05, 4.69) is 15.0 Å². The molecule has 0 radical (unpaired) electrons. The number of hydrogen-bond acceptors (Lipinski definition) is 4. The first-order valence-electron chi connectivity index (χ1n) is 7.00. The van der Waals surface area contributed by atoms with Crippen LogP contribution < -0.4 is 4.80 Å². The van der Waals surface area contributed by atoms with E-state index >= 15 is 0 Å². The molecule has 0 bridgehead atoms. The molecule has 3 rings (SSSR count). The number of carbonyl (C=O) groups excluding carboxylic acids is 1. The Bertz CT molecular complexity index is 964.